The molecule has 118 valence electrons. The number of rotatable bonds is 5. The maximum absolute atomic E-state index is 12.3. The summed E-state index contributed by atoms with van der Waals surface area (Å²) in [4.78, 5) is 26.1. The number of amides is 2. The van der Waals surface area contributed by atoms with E-state index in [0.29, 0.717) is 18.2 Å². The van der Waals surface area contributed by atoms with Crippen LogP contribution in [0.15, 0.2) is 42.0 Å². The predicted octanol–water partition coefficient (Wildman–Crippen LogP) is 2.21. The van der Waals surface area contributed by atoms with E-state index in [9.17, 15) is 9.59 Å². The Hall–Kier alpha value is -1.75. The van der Waals surface area contributed by atoms with E-state index in [1.54, 1.807) is 22.7 Å². The van der Waals surface area contributed by atoms with Gasteiger partial charge < -0.3 is 10.2 Å². The van der Waals surface area contributed by atoms with Crippen LogP contribution in [0.3, 0.4) is 0 Å². The molecular formula is C17H22N2O2S. The van der Waals surface area contributed by atoms with E-state index in [2.05, 4.69) is 5.32 Å². The van der Waals surface area contributed by atoms with Crippen molar-refractivity contribution in [1.82, 2.24) is 10.2 Å². The minimum atomic E-state index is -0.358. The van der Waals surface area contributed by atoms with Crippen molar-refractivity contribution in [3.63, 3.8) is 0 Å². The van der Waals surface area contributed by atoms with Crippen LogP contribution in [0.5, 0.6) is 0 Å². The van der Waals surface area contributed by atoms with Crippen molar-refractivity contribution in [2.45, 2.75) is 26.3 Å². The Morgan fingerprint density at radius 3 is 2.73 bits per heavy atom. The number of hydrogen-bond donors (Lipinski definition) is 1. The maximum Gasteiger partial charge on any atom is 0.247 e. The highest BCUT2D eigenvalue weighted by atomic mass is 32.2. The topological polar surface area (TPSA) is 49.4 Å². The summed E-state index contributed by atoms with van der Waals surface area (Å²) in [6.45, 7) is 4.36. The van der Waals surface area contributed by atoms with Crippen LogP contribution in [0, 0.1) is 0 Å². The summed E-state index contributed by atoms with van der Waals surface area (Å²) < 4.78 is 0. The number of allylic oxidation sites excluding steroid dienone is 1. The lowest BCUT2D eigenvalue weighted by Gasteiger charge is -2.22. The Bertz CT molecular complexity index is 553. The molecule has 4 nitrogen and oxygen atoms in total. The van der Waals surface area contributed by atoms with Gasteiger partial charge in [-0.3, -0.25) is 9.59 Å². The fourth-order valence-corrected chi connectivity index (χ4v) is 3.46. The number of thioether (sulfide) groups is 1. The van der Waals surface area contributed by atoms with Crippen molar-refractivity contribution < 1.29 is 9.59 Å². The van der Waals surface area contributed by atoms with Crippen molar-refractivity contribution in [1.29, 1.82) is 0 Å². The van der Waals surface area contributed by atoms with Gasteiger partial charge in [0.15, 0.2) is 0 Å². The number of nitrogens with zero attached hydrogens (tertiary/aromatic N) is 1. The second-order valence-electron chi connectivity index (χ2n) is 5.57. The highest BCUT2D eigenvalue weighted by Gasteiger charge is 2.33. The fraction of sp³-hybridized carbons (Fsp3) is 0.412. The second-order valence-corrected chi connectivity index (χ2v) is 6.57. The van der Waals surface area contributed by atoms with Crippen LogP contribution in [-0.4, -0.2) is 40.9 Å². The highest BCUT2D eigenvalue weighted by molar-refractivity contribution is 7.99. The molecule has 2 rings (SSSR count). The largest absolute Gasteiger partial charge is 0.354 e. The summed E-state index contributed by atoms with van der Waals surface area (Å²) in [6, 6.07) is 9.69. The zero-order valence-corrected chi connectivity index (χ0v) is 13.9. The van der Waals surface area contributed by atoms with Gasteiger partial charge in [-0.05, 0) is 25.8 Å². The number of carbonyl (C=O) groups excluding carboxylic acids is 2. The van der Waals surface area contributed by atoms with Crippen LogP contribution in [0.25, 0.3) is 0 Å². The van der Waals surface area contributed by atoms with Crippen molar-refractivity contribution in [2.75, 3.05) is 18.2 Å². The van der Waals surface area contributed by atoms with Crippen molar-refractivity contribution in [3.8, 4) is 0 Å². The molecule has 1 fully saturated rings. The minimum Gasteiger partial charge on any atom is -0.354 e. The summed E-state index contributed by atoms with van der Waals surface area (Å²) in [5.41, 5.74) is 2.14. The molecule has 1 aromatic carbocycles. The molecule has 0 aromatic heterocycles. The van der Waals surface area contributed by atoms with E-state index in [4.69, 9.17) is 0 Å². The Morgan fingerprint density at radius 2 is 2.05 bits per heavy atom. The normalized spacial score (nSPS) is 17.2. The third-order valence-electron chi connectivity index (χ3n) is 3.44. The van der Waals surface area contributed by atoms with Gasteiger partial charge in [0.1, 0.15) is 6.04 Å². The molecule has 0 spiro atoms. The van der Waals surface area contributed by atoms with Crippen LogP contribution in [0.2, 0.25) is 0 Å². The fourth-order valence-electron chi connectivity index (χ4n) is 2.30. The number of carbonyl (C=O) groups is 2. The minimum absolute atomic E-state index is 0.0589. The molecule has 2 amide bonds. The van der Waals surface area contributed by atoms with E-state index >= 15 is 0 Å². The van der Waals surface area contributed by atoms with Gasteiger partial charge >= 0.3 is 0 Å². The zero-order chi connectivity index (χ0) is 15.9. The van der Waals surface area contributed by atoms with Crippen LogP contribution in [-0.2, 0) is 16.0 Å². The quantitative estimate of drug-likeness (QED) is 0.847. The Balaban J connectivity index is 1.86. The van der Waals surface area contributed by atoms with Gasteiger partial charge in [0.2, 0.25) is 11.8 Å². The van der Waals surface area contributed by atoms with E-state index < -0.39 is 0 Å². The third kappa shape index (κ3) is 4.63. The molecule has 1 atom stereocenters. The lowest BCUT2D eigenvalue weighted by Crippen LogP contribution is -2.47. The predicted molar refractivity (Wildman–Crippen MR) is 90.5 cm³/mol. The van der Waals surface area contributed by atoms with Crippen LogP contribution in [0.4, 0.5) is 0 Å². The van der Waals surface area contributed by atoms with Gasteiger partial charge in [-0.25, -0.2) is 0 Å². The van der Waals surface area contributed by atoms with Crippen LogP contribution >= 0.6 is 11.8 Å². The first-order valence-electron chi connectivity index (χ1n) is 7.43. The molecule has 5 heteroatoms. The van der Waals surface area contributed by atoms with E-state index in [1.807, 2.05) is 44.2 Å². The van der Waals surface area contributed by atoms with E-state index in [-0.39, 0.29) is 17.9 Å². The molecular weight excluding hydrogens is 296 g/mol. The van der Waals surface area contributed by atoms with Gasteiger partial charge in [0.25, 0.3) is 0 Å². The first-order valence-corrected chi connectivity index (χ1v) is 8.58. The monoisotopic (exact) mass is 318 g/mol. The molecule has 1 saturated heterocycles. The highest BCUT2D eigenvalue weighted by Crippen LogP contribution is 2.21. The Labute approximate surface area is 136 Å². The average molecular weight is 318 g/mol. The molecule has 0 saturated carbocycles. The molecule has 1 aliphatic rings. The van der Waals surface area contributed by atoms with Crippen molar-refractivity contribution in [3.05, 3.63) is 47.5 Å². The average Bonchev–Trinajstić information content (AvgIpc) is 2.97. The Kier molecular flexibility index (Phi) is 6.07. The molecule has 1 heterocycles. The van der Waals surface area contributed by atoms with Gasteiger partial charge in [-0.2, -0.15) is 0 Å². The van der Waals surface area contributed by atoms with Crippen LogP contribution in [0.1, 0.15) is 19.4 Å². The molecule has 22 heavy (non-hydrogen) atoms. The second kappa shape index (κ2) is 8.03. The summed E-state index contributed by atoms with van der Waals surface area (Å²) in [6.07, 6.45) is 2.39. The summed E-state index contributed by atoms with van der Waals surface area (Å²) in [5, 5.41) is 2.94. The molecule has 0 bridgehead atoms. The summed E-state index contributed by atoms with van der Waals surface area (Å²) >= 11 is 1.62. The van der Waals surface area contributed by atoms with Crippen molar-refractivity contribution in [2.24, 2.45) is 0 Å². The lowest BCUT2D eigenvalue weighted by molar-refractivity contribution is -0.134. The first-order chi connectivity index (χ1) is 10.6. The molecule has 1 aliphatic heterocycles. The maximum atomic E-state index is 12.3. The van der Waals surface area contributed by atoms with Gasteiger partial charge in [-0.1, -0.05) is 35.9 Å². The number of nitrogens with one attached hydrogen (secondary N) is 1. The van der Waals surface area contributed by atoms with Gasteiger partial charge in [0, 0.05) is 18.4 Å². The molecule has 0 aliphatic carbocycles. The number of benzene rings is 1. The first kappa shape index (κ1) is 16.6. The van der Waals surface area contributed by atoms with E-state index in [0.717, 1.165) is 12.0 Å². The standard InChI is InChI=1S/C17H22N2O2S/c1-13(2)10-16(20)19-12-22-11-15(19)17(21)18-9-8-14-6-4-3-5-7-14/h3-7,10,15H,8-9,11-12H2,1-2H3,(H,18,21). The lowest BCUT2D eigenvalue weighted by atomic mass is 10.1. The summed E-state index contributed by atoms with van der Waals surface area (Å²) in [5.74, 6) is 1.11. The summed E-state index contributed by atoms with van der Waals surface area (Å²) in [7, 11) is 0. The molecule has 1 unspecified atom stereocenters. The number of hydrogen-bond acceptors (Lipinski definition) is 3. The molecule has 0 radical (unpaired) electrons. The zero-order valence-electron chi connectivity index (χ0n) is 13.0. The smallest absolute Gasteiger partial charge is 0.247 e. The van der Waals surface area contributed by atoms with Crippen LogP contribution < -0.4 is 5.32 Å². The van der Waals surface area contributed by atoms with E-state index in [1.165, 1.54) is 5.56 Å². The SMILES string of the molecule is CC(C)=CC(=O)N1CSCC1C(=O)NCCc1ccccc1. The molecule has 1 aromatic rings. The van der Waals surface area contributed by atoms with Gasteiger partial charge in [0.05, 0.1) is 5.88 Å². The van der Waals surface area contributed by atoms with Crippen molar-refractivity contribution >= 4 is 23.6 Å². The molecule has 1 N–H and O–H groups in total. The third-order valence-corrected chi connectivity index (χ3v) is 4.45. The Morgan fingerprint density at radius 1 is 1.32 bits per heavy atom. The van der Waals surface area contributed by atoms with Gasteiger partial charge in [-0.15, -0.1) is 11.8 Å².